The fourth-order valence-electron chi connectivity index (χ4n) is 2.40. The van der Waals surface area contributed by atoms with Gasteiger partial charge in [-0.3, -0.25) is 9.78 Å². The molecule has 0 spiro atoms. The summed E-state index contributed by atoms with van der Waals surface area (Å²) in [6, 6.07) is 10.6. The van der Waals surface area contributed by atoms with Gasteiger partial charge in [0.05, 0.1) is 30.3 Å². The van der Waals surface area contributed by atoms with E-state index in [0.29, 0.717) is 23.6 Å². The van der Waals surface area contributed by atoms with Gasteiger partial charge in [0.25, 0.3) is 5.91 Å². The summed E-state index contributed by atoms with van der Waals surface area (Å²) < 4.78 is 5.05. The van der Waals surface area contributed by atoms with Crippen LogP contribution >= 0.6 is 0 Å². The number of aromatic nitrogens is 3. The molecule has 0 bridgehead atoms. The Morgan fingerprint density at radius 2 is 1.82 bits per heavy atom. The second-order valence-electron chi connectivity index (χ2n) is 5.72. The molecule has 2 aromatic heterocycles. The van der Waals surface area contributed by atoms with Crippen LogP contribution in [-0.4, -0.2) is 33.4 Å². The highest BCUT2D eigenvalue weighted by atomic mass is 16.5. The summed E-state index contributed by atoms with van der Waals surface area (Å²) >= 11 is 0. The van der Waals surface area contributed by atoms with E-state index in [9.17, 15) is 9.59 Å². The summed E-state index contributed by atoms with van der Waals surface area (Å²) in [5.74, 6) is -0.351. The Bertz CT molecular complexity index is 946. The Kier molecular flexibility index (Phi) is 6.25. The number of amides is 1. The number of benzene rings is 1. The number of pyridine rings is 1. The molecule has 0 atom stereocenters. The highest BCUT2D eigenvalue weighted by molar-refractivity contribution is 5.96. The number of hydrogen-bond donors (Lipinski definition) is 2. The quantitative estimate of drug-likeness (QED) is 0.610. The van der Waals surface area contributed by atoms with Crippen LogP contribution in [0.3, 0.4) is 0 Å². The Morgan fingerprint density at radius 1 is 1.04 bits per heavy atom. The smallest absolute Gasteiger partial charge is 0.340 e. The van der Waals surface area contributed by atoms with Gasteiger partial charge in [-0.05, 0) is 36.8 Å². The number of carbonyl (C=O) groups is 2. The molecule has 0 aliphatic heterocycles. The van der Waals surface area contributed by atoms with E-state index in [4.69, 9.17) is 4.74 Å². The van der Waals surface area contributed by atoms with Crippen molar-refractivity contribution in [1.82, 2.24) is 20.3 Å². The number of anilines is 2. The lowest BCUT2D eigenvalue weighted by atomic mass is 10.2. The van der Waals surface area contributed by atoms with E-state index < -0.39 is 5.97 Å². The standard InChI is InChI=1S/C20H19N5O3/c1-2-28-20(27)15-5-3-4-6-16(15)25-18-13-22-17(12-23-18)19(26)24-11-14-7-9-21-10-8-14/h3-10,12-13H,2,11H2,1H3,(H,23,25)(H,24,26). The van der Waals surface area contributed by atoms with Crippen molar-refractivity contribution in [2.75, 3.05) is 11.9 Å². The number of hydrogen-bond acceptors (Lipinski definition) is 7. The van der Waals surface area contributed by atoms with E-state index in [0.717, 1.165) is 5.56 Å². The van der Waals surface area contributed by atoms with E-state index in [1.165, 1.54) is 12.4 Å². The maximum absolute atomic E-state index is 12.2. The van der Waals surface area contributed by atoms with Crippen LogP contribution in [0.4, 0.5) is 11.5 Å². The number of para-hydroxylation sites is 1. The Hall–Kier alpha value is -3.81. The number of esters is 1. The van der Waals surface area contributed by atoms with Crippen molar-refractivity contribution in [1.29, 1.82) is 0 Å². The first-order chi connectivity index (χ1) is 13.7. The molecule has 8 heteroatoms. The molecule has 3 rings (SSSR count). The van der Waals surface area contributed by atoms with Gasteiger partial charge in [0.1, 0.15) is 11.5 Å². The first-order valence-electron chi connectivity index (χ1n) is 8.69. The molecule has 0 unspecified atom stereocenters. The van der Waals surface area contributed by atoms with Crippen molar-refractivity contribution >= 4 is 23.4 Å². The largest absolute Gasteiger partial charge is 0.462 e. The van der Waals surface area contributed by atoms with E-state index >= 15 is 0 Å². The van der Waals surface area contributed by atoms with Crippen molar-refractivity contribution in [3.05, 3.63) is 78.0 Å². The summed E-state index contributed by atoms with van der Waals surface area (Å²) in [6.45, 7) is 2.41. The molecule has 3 aromatic rings. The third-order valence-corrected chi connectivity index (χ3v) is 3.77. The first kappa shape index (κ1) is 19.0. The van der Waals surface area contributed by atoms with E-state index in [-0.39, 0.29) is 18.2 Å². The topological polar surface area (TPSA) is 106 Å². The van der Waals surface area contributed by atoms with Gasteiger partial charge in [0.15, 0.2) is 0 Å². The molecule has 1 aromatic carbocycles. The first-order valence-corrected chi connectivity index (χ1v) is 8.69. The number of carbonyl (C=O) groups excluding carboxylic acids is 2. The molecule has 0 radical (unpaired) electrons. The molecule has 8 nitrogen and oxygen atoms in total. The van der Waals surface area contributed by atoms with Crippen molar-refractivity contribution < 1.29 is 14.3 Å². The molecule has 2 N–H and O–H groups in total. The van der Waals surface area contributed by atoms with Crippen LogP contribution in [0, 0.1) is 0 Å². The Morgan fingerprint density at radius 3 is 2.54 bits per heavy atom. The highest BCUT2D eigenvalue weighted by Crippen LogP contribution is 2.20. The van der Waals surface area contributed by atoms with Crippen LogP contribution in [0.1, 0.15) is 33.3 Å². The number of ether oxygens (including phenoxy) is 1. The maximum Gasteiger partial charge on any atom is 0.340 e. The van der Waals surface area contributed by atoms with Gasteiger partial charge in [-0.1, -0.05) is 12.1 Å². The third-order valence-electron chi connectivity index (χ3n) is 3.77. The highest BCUT2D eigenvalue weighted by Gasteiger charge is 2.13. The monoisotopic (exact) mass is 377 g/mol. The summed E-state index contributed by atoms with van der Waals surface area (Å²) in [5.41, 5.74) is 2.07. The van der Waals surface area contributed by atoms with E-state index in [1.54, 1.807) is 43.6 Å². The van der Waals surface area contributed by atoms with Crippen LogP contribution in [0.5, 0.6) is 0 Å². The second-order valence-corrected chi connectivity index (χ2v) is 5.72. The minimum Gasteiger partial charge on any atom is -0.462 e. The predicted octanol–water partition coefficient (Wildman–Crippen LogP) is 2.72. The molecule has 2 heterocycles. The lowest BCUT2D eigenvalue weighted by Gasteiger charge is -2.10. The molecule has 0 saturated heterocycles. The number of nitrogens with zero attached hydrogens (tertiary/aromatic N) is 3. The molecule has 0 aliphatic rings. The van der Waals surface area contributed by atoms with Crippen molar-refractivity contribution in [2.24, 2.45) is 0 Å². The predicted molar refractivity (Wildman–Crippen MR) is 103 cm³/mol. The summed E-state index contributed by atoms with van der Waals surface area (Å²) in [6.07, 6.45) is 6.13. The molecule has 0 fully saturated rings. The molecular weight excluding hydrogens is 358 g/mol. The van der Waals surface area contributed by atoms with Gasteiger partial charge in [0, 0.05) is 18.9 Å². The van der Waals surface area contributed by atoms with Gasteiger partial charge >= 0.3 is 5.97 Å². The van der Waals surface area contributed by atoms with Crippen LogP contribution < -0.4 is 10.6 Å². The lowest BCUT2D eigenvalue weighted by molar-refractivity contribution is 0.0527. The van der Waals surface area contributed by atoms with Gasteiger partial charge in [-0.2, -0.15) is 0 Å². The molecule has 28 heavy (non-hydrogen) atoms. The Labute approximate surface area is 162 Å². The van der Waals surface area contributed by atoms with Crippen molar-refractivity contribution in [3.63, 3.8) is 0 Å². The fraction of sp³-hybridized carbons (Fsp3) is 0.150. The van der Waals surface area contributed by atoms with Gasteiger partial charge in [-0.25, -0.2) is 14.8 Å². The van der Waals surface area contributed by atoms with Crippen molar-refractivity contribution in [3.8, 4) is 0 Å². The molecule has 142 valence electrons. The van der Waals surface area contributed by atoms with Gasteiger partial charge in [0.2, 0.25) is 0 Å². The SMILES string of the molecule is CCOC(=O)c1ccccc1Nc1cnc(C(=O)NCc2ccncc2)cn1. The zero-order valence-corrected chi connectivity index (χ0v) is 15.3. The van der Waals surface area contributed by atoms with E-state index in [1.807, 2.05) is 12.1 Å². The number of nitrogens with one attached hydrogen (secondary N) is 2. The van der Waals surface area contributed by atoms with Gasteiger partial charge in [-0.15, -0.1) is 0 Å². The van der Waals surface area contributed by atoms with Crippen LogP contribution in [0.2, 0.25) is 0 Å². The number of rotatable bonds is 7. The fourth-order valence-corrected chi connectivity index (χ4v) is 2.40. The second kappa shape index (κ2) is 9.22. The molecule has 0 saturated carbocycles. The summed E-state index contributed by atoms with van der Waals surface area (Å²) in [5, 5.41) is 5.79. The molecular formula is C20H19N5O3. The summed E-state index contributed by atoms with van der Waals surface area (Å²) in [4.78, 5) is 36.5. The molecule has 1 amide bonds. The van der Waals surface area contributed by atoms with Crippen molar-refractivity contribution in [2.45, 2.75) is 13.5 Å². The minimum absolute atomic E-state index is 0.193. The van der Waals surface area contributed by atoms with Crippen LogP contribution in [0.15, 0.2) is 61.2 Å². The average molecular weight is 377 g/mol. The summed E-state index contributed by atoms with van der Waals surface area (Å²) in [7, 11) is 0. The van der Waals surface area contributed by atoms with E-state index in [2.05, 4.69) is 25.6 Å². The normalized spacial score (nSPS) is 10.2. The minimum atomic E-state index is -0.425. The maximum atomic E-state index is 12.2. The van der Waals surface area contributed by atoms with Crippen LogP contribution in [-0.2, 0) is 11.3 Å². The van der Waals surface area contributed by atoms with Crippen LogP contribution in [0.25, 0.3) is 0 Å². The zero-order chi connectivity index (χ0) is 19.8. The lowest BCUT2D eigenvalue weighted by Crippen LogP contribution is -2.24. The average Bonchev–Trinajstić information content (AvgIpc) is 2.74. The molecule has 0 aliphatic carbocycles. The third kappa shape index (κ3) is 4.88. The Balaban J connectivity index is 1.65. The van der Waals surface area contributed by atoms with Gasteiger partial charge < -0.3 is 15.4 Å². The zero-order valence-electron chi connectivity index (χ0n) is 15.3.